The molecule has 0 radical (unpaired) electrons. The molecule has 154 valence electrons. The fourth-order valence-corrected chi connectivity index (χ4v) is 3.91. The van der Waals surface area contributed by atoms with E-state index in [-0.39, 0.29) is 11.2 Å². The lowest BCUT2D eigenvalue weighted by Crippen LogP contribution is -2.31. The van der Waals surface area contributed by atoms with Crippen LogP contribution in [0.1, 0.15) is 44.4 Å². The molecule has 3 rings (SSSR count). The van der Waals surface area contributed by atoms with Gasteiger partial charge < -0.3 is 9.73 Å². The number of furan rings is 1. The number of carbonyl (C=O) groups is 1. The molecule has 0 bridgehead atoms. The van der Waals surface area contributed by atoms with Gasteiger partial charge in [-0.25, -0.2) is 0 Å². The van der Waals surface area contributed by atoms with Gasteiger partial charge in [0.25, 0.3) is 0 Å². The summed E-state index contributed by atoms with van der Waals surface area (Å²) < 4.78 is 7.57. The van der Waals surface area contributed by atoms with E-state index < -0.39 is 0 Å². The maximum Gasteiger partial charge on any atom is 0.233 e. The maximum atomic E-state index is 12.5. The van der Waals surface area contributed by atoms with E-state index in [2.05, 4.69) is 35.4 Å². The Bertz CT molecular complexity index is 921. The van der Waals surface area contributed by atoms with Gasteiger partial charge in [0.15, 0.2) is 11.0 Å². The molecule has 2 heterocycles. The van der Waals surface area contributed by atoms with Crippen LogP contribution in [0.2, 0.25) is 0 Å². The van der Waals surface area contributed by atoms with Gasteiger partial charge in [0.1, 0.15) is 5.76 Å². The Labute approximate surface area is 176 Å². The van der Waals surface area contributed by atoms with Crippen molar-refractivity contribution >= 4 is 17.7 Å². The molecule has 2 aromatic heterocycles. The SMILES string of the molecule is CCCCCNC(=O)C(C)Sc1nnc(-c2ccccc2C)n1Cc1ccco1. The van der Waals surface area contributed by atoms with Crippen molar-refractivity contribution in [2.45, 2.75) is 57.0 Å². The third-order valence-corrected chi connectivity index (χ3v) is 5.81. The Kier molecular flexibility index (Phi) is 7.52. The zero-order valence-electron chi connectivity index (χ0n) is 17.2. The van der Waals surface area contributed by atoms with Crippen LogP contribution in [-0.2, 0) is 11.3 Å². The Morgan fingerprint density at radius 2 is 2.03 bits per heavy atom. The molecule has 0 saturated heterocycles. The Morgan fingerprint density at radius 1 is 1.21 bits per heavy atom. The smallest absolute Gasteiger partial charge is 0.233 e. The molecular weight excluding hydrogens is 384 g/mol. The van der Waals surface area contributed by atoms with E-state index in [1.807, 2.05) is 41.8 Å². The molecule has 3 aromatic rings. The summed E-state index contributed by atoms with van der Waals surface area (Å²) in [6.45, 7) is 7.33. The van der Waals surface area contributed by atoms with Crippen LogP contribution in [0.4, 0.5) is 0 Å². The molecular formula is C22H28N4O2S. The van der Waals surface area contributed by atoms with Crippen molar-refractivity contribution in [2.24, 2.45) is 0 Å². The lowest BCUT2D eigenvalue weighted by Gasteiger charge is -2.14. The van der Waals surface area contributed by atoms with Crippen LogP contribution in [0, 0.1) is 6.92 Å². The molecule has 1 aromatic carbocycles. The van der Waals surface area contributed by atoms with E-state index in [9.17, 15) is 4.79 Å². The van der Waals surface area contributed by atoms with Gasteiger partial charge in [0.05, 0.1) is 18.1 Å². The lowest BCUT2D eigenvalue weighted by atomic mass is 10.1. The van der Waals surface area contributed by atoms with Crippen molar-refractivity contribution in [1.29, 1.82) is 0 Å². The number of carbonyl (C=O) groups excluding carboxylic acids is 1. The molecule has 7 heteroatoms. The summed E-state index contributed by atoms with van der Waals surface area (Å²) in [6.07, 6.45) is 4.93. The number of unbranched alkanes of at least 4 members (excludes halogenated alkanes) is 2. The highest BCUT2D eigenvalue weighted by Gasteiger charge is 2.22. The fourth-order valence-electron chi connectivity index (χ4n) is 3.04. The molecule has 0 aliphatic rings. The van der Waals surface area contributed by atoms with Gasteiger partial charge in [0, 0.05) is 12.1 Å². The first kappa shape index (κ1) is 21.2. The number of thioether (sulfide) groups is 1. The monoisotopic (exact) mass is 412 g/mol. The number of hydrogen-bond acceptors (Lipinski definition) is 5. The first-order valence-corrected chi connectivity index (χ1v) is 10.9. The van der Waals surface area contributed by atoms with Gasteiger partial charge in [-0.15, -0.1) is 10.2 Å². The number of amides is 1. The quantitative estimate of drug-likeness (QED) is 0.387. The van der Waals surface area contributed by atoms with Gasteiger partial charge in [-0.2, -0.15) is 0 Å². The second-order valence-corrected chi connectivity index (χ2v) is 8.35. The molecule has 0 spiro atoms. The van der Waals surface area contributed by atoms with Crippen molar-refractivity contribution in [1.82, 2.24) is 20.1 Å². The molecule has 1 unspecified atom stereocenters. The summed E-state index contributed by atoms with van der Waals surface area (Å²) in [5, 5.41) is 12.3. The summed E-state index contributed by atoms with van der Waals surface area (Å²) in [7, 11) is 0. The Hall–Kier alpha value is -2.54. The van der Waals surface area contributed by atoms with Crippen LogP contribution >= 0.6 is 11.8 Å². The minimum absolute atomic E-state index is 0.0242. The molecule has 6 nitrogen and oxygen atoms in total. The topological polar surface area (TPSA) is 73.0 Å². The van der Waals surface area contributed by atoms with Crippen LogP contribution < -0.4 is 5.32 Å². The molecule has 0 aliphatic carbocycles. The summed E-state index contributed by atoms with van der Waals surface area (Å²) in [5.74, 6) is 1.62. The Balaban J connectivity index is 1.81. The highest BCUT2D eigenvalue weighted by atomic mass is 32.2. The lowest BCUT2D eigenvalue weighted by molar-refractivity contribution is -0.120. The third-order valence-electron chi connectivity index (χ3n) is 4.73. The highest BCUT2D eigenvalue weighted by molar-refractivity contribution is 8.00. The predicted molar refractivity (Wildman–Crippen MR) is 116 cm³/mol. The number of nitrogens with zero attached hydrogens (tertiary/aromatic N) is 3. The van der Waals surface area contributed by atoms with Crippen molar-refractivity contribution in [2.75, 3.05) is 6.54 Å². The van der Waals surface area contributed by atoms with Gasteiger partial charge in [-0.1, -0.05) is 55.8 Å². The minimum Gasteiger partial charge on any atom is -0.467 e. The molecule has 1 N–H and O–H groups in total. The summed E-state index contributed by atoms with van der Waals surface area (Å²) >= 11 is 1.42. The molecule has 1 atom stereocenters. The second-order valence-electron chi connectivity index (χ2n) is 7.04. The van der Waals surface area contributed by atoms with Crippen molar-refractivity contribution < 1.29 is 9.21 Å². The van der Waals surface area contributed by atoms with Crippen LogP contribution in [-0.4, -0.2) is 32.5 Å². The first-order chi connectivity index (χ1) is 14.1. The first-order valence-electron chi connectivity index (χ1n) is 10.1. The van der Waals surface area contributed by atoms with E-state index in [1.54, 1.807) is 6.26 Å². The van der Waals surface area contributed by atoms with E-state index in [1.165, 1.54) is 11.8 Å². The fraction of sp³-hybridized carbons (Fsp3) is 0.409. The van der Waals surface area contributed by atoms with Gasteiger partial charge in [-0.3, -0.25) is 9.36 Å². The second kappa shape index (κ2) is 10.3. The minimum atomic E-state index is -0.263. The number of rotatable bonds is 10. The van der Waals surface area contributed by atoms with E-state index in [0.29, 0.717) is 18.2 Å². The van der Waals surface area contributed by atoms with Gasteiger partial charge in [-0.05, 0) is 38.0 Å². The molecule has 0 saturated carbocycles. The summed E-state index contributed by atoms with van der Waals surface area (Å²) in [6, 6.07) is 11.9. The predicted octanol–water partition coefficient (Wildman–Crippen LogP) is 4.68. The van der Waals surface area contributed by atoms with Crippen LogP contribution in [0.15, 0.2) is 52.2 Å². The van der Waals surface area contributed by atoms with Crippen LogP contribution in [0.25, 0.3) is 11.4 Å². The summed E-state index contributed by atoms with van der Waals surface area (Å²) in [4.78, 5) is 12.5. The standard InChI is InChI=1S/C22H28N4O2S/c1-4-5-8-13-23-21(27)17(3)29-22-25-24-20(19-12-7-6-10-16(19)2)26(22)15-18-11-9-14-28-18/h6-7,9-12,14,17H,4-5,8,13,15H2,1-3H3,(H,23,27). The van der Waals surface area contributed by atoms with Crippen LogP contribution in [0.5, 0.6) is 0 Å². The number of aryl methyl sites for hydroxylation is 1. The zero-order valence-corrected chi connectivity index (χ0v) is 18.0. The highest BCUT2D eigenvalue weighted by Crippen LogP contribution is 2.29. The van der Waals surface area contributed by atoms with Gasteiger partial charge in [0.2, 0.25) is 5.91 Å². The van der Waals surface area contributed by atoms with Crippen LogP contribution in [0.3, 0.4) is 0 Å². The van der Waals surface area contributed by atoms with Crippen molar-refractivity contribution in [3.63, 3.8) is 0 Å². The summed E-state index contributed by atoms with van der Waals surface area (Å²) in [5.41, 5.74) is 2.15. The van der Waals surface area contributed by atoms with Crippen molar-refractivity contribution in [3.8, 4) is 11.4 Å². The average molecular weight is 413 g/mol. The van der Waals surface area contributed by atoms with E-state index in [4.69, 9.17) is 4.42 Å². The van der Waals surface area contributed by atoms with Gasteiger partial charge >= 0.3 is 0 Å². The molecule has 0 aliphatic heterocycles. The molecule has 1 amide bonds. The number of benzene rings is 1. The van der Waals surface area contributed by atoms with E-state index in [0.717, 1.165) is 42.0 Å². The number of nitrogens with one attached hydrogen (secondary N) is 1. The van der Waals surface area contributed by atoms with Crippen molar-refractivity contribution in [3.05, 3.63) is 54.0 Å². The molecule has 0 fully saturated rings. The number of hydrogen-bond donors (Lipinski definition) is 1. The number of aromatic nitrogens is 3. The van der Waals surface area contributed by atoms with E-state index >= 15 is 0 Å². The average Bonchev–Trinajstić information content (AvgIpc) is 3.36. The normalized spacial score (nSPS) is 12.1. The molecule has 29 heavy (non-hydrogen) atoms. The largest absolute Gasteiger partial charge is 0.467 e. The zero-order chi connectivity index (χ0) is 20.6. The Morgan fingerprint density at radius 3 is 2.76 bits per heavy atom. The third kappa shape index (κ3) is 5.50. The maximum absolute atomic E-state index is 12.5.